The van der Waals surface area contributed by atoms with Gasteiger partial charge in [-0.3, -0.25) is 9.89 Å². The van der Waals surface area contributed by atoms with Gasteiger partial charge in [0.15, 0.2) is 0 Å². The fourth-order valence-corrected chi connectivity index (χ4v) is 8.19. The highest BCUT2D eigenvalue weighted by atomic mass is 32.2. The molecule has 2 aromatic carbocycles. The van der Waals surface area contributed by atoms with Crippen molar-refractivity contribution < 1.29 is 34.1 Å². The van der Waals surface area contributed by atoms with Gasteiger partial charge in [-0.25, -0.2) is 14.4 Å². The largest absolute Gasteiger partial charge is 0.478 e. The maximum Gasteiger partial charge on any atom is 0.410 e. The highest BCUT2D eigenvalue weighted by Gasteiger charge is 2.40. The van der Waals surface area contributed by atoms with Crippen LogP contribution in [0.25, 0.3) is 11.1 Å². The molecule has 1 saturated heterocycles. The summed E-state index contributed by atoms with van der Waals surface area (Å²) in [5.74, 6) is -0.942. The van der Waals surface area contributed by atoms with Gasteiger partial charge in [0.2, 0.25) is 0 Å². The number of hydrogen-bond acceptors (Lipinski definition) is 8. The summed E-state index contributed by atoms with van der Waals surface area (Å²) in [6.07, 6.45) is 2.35. The summed E-state index contributed by atoms with van der Waals surface area (Å²) >= 11 is 1.56. The number of carboxylic acids is 1. The number of aliphatic imine (C=N–C) groups is 1. The predicted octanol–water partition coefficient (Wildman–Crippen LogP) is 7.32. The zero-order chi connectivity index (χ0) is 35.5. The number of esters is 1. The van der Waals surface area contributed by atoms with Crippen LogP contribution < -0.4 is 0 Å². The van der Waals surface area contributed by atoms with Gasteiger partial charge in [-0.2, -0.15) is 0 Å². The van der Waals surface area contributed by atoms with Gasteiger partial charge >= 0.3 is 18.0 Å². The highest BCUT2D eigenvalue weighted by Crippen LogP contribution is 2.44. The van der Waals surface area contributed by atoms with E-state index in [9.17, 15) is 24.6 Å². The van der Waals surface area contributed by atoms with Crippen LogP contribution in [0, 0.1) is 17.3 Å². The summed E-state index contributed by atoms with van der Waals surface area (Å²) in [5.41, 5.74) is 4.49. The Balaban J connectivity index is 1.16. The van der Waals surface area contributed by atoms with Crippen molar-refractivity contribution in [2.75, 3.05) is 18.9 Å². The number of carbonyl (C=O) groups is 3. The van der Waals surface area contributed by atoms with Crippen LogP contribution >= 0.6 is 11.8 Å². The molecule has 264 valence electrons. The van der Waals surface area contributed by atoms with Crippen molar-refractivity contribution in [3.05, 3.63) is 71.3 Å². The first kappa shape index (κ1) is 36.6. The lowest BCUT2D eigenvalue weighted by Gasteiger charge is -2.34. The number of hydrogen-bond donors (Lipinski definition) is 2. The van der Waals surface area contributed by atoms with Gasteiger partial charge in [-0.1, -0.05) is 83.1 Å². The number of carbonyl (C=O) groups excluding carboxylic acids is 2. The normalized spacial score (nSPS) is 21.7. The van der Waals surface area contributed by atoms with Crippen molar-refractivity contribution >= 4 is 34.8 Å². The van der Waals surface area contributed by atoms with E-state index in [1.807, 2.05) is 58.9 Å². The van der Waals surface area contributed by atoms with Crippen molar-refractivity contribution in [3.63, 3.8) is 0 Å². The average molecular weight is 691 g/mol. The first-order valence-electron chi connectivity index (χ1n) is 17.4. The molecule has 0 bridgehead atoms. The Morgan fingerprint density at radius 2 is 1.67 bits per heavy atom. The van der Waals surface area contributed by atoms with Crippen LogP contribution in [0.15, 0.2) is 65.2 Å². The van der Waals surface area contributed by atoms with Crippen LogP contribution in [-0.2, 0) is 19.1 Å². The lowest BCUT2D eigenvalue weighted by molar-refractivity contribution is -0.161. The molecule has 3 aliphatic rings. The second-order valence-electron chi connectivity index (χ2n) is 14.9. The second-order valence-corrected chi connectivity index (χ2v) is 15.9. The maximum absolute atomic E-state index is 13.7. The molecule has 10 heteroatoms. The number of aliphatic hydroxyl groups is 1. The molecule has 0 spiro atoms. The average Bonchev–Trinajstić information content (AvgIpc) is 3.81. The number of aliphatic hydroxyl groups excluding tert-OH is 1. The lowest BCUT2D eigenvalue weighted by atomic mass is 9.81. The molecule has 0 unspecified atom stereocenters. The molecule has 2 N–H and O–H groups in total. The number of nitrogens with zero attached hydrogens (tertiary/aromatic N) is 2. The number of carboxylic acid groups (broad SMARTS) is 1. The van der Waals surface area contributed by atoms with E-state index in [0.29, 0.717) is 38.0 Å². The molecule has 9 nitrogen and oxygen atoms in total. The predicted molar refractivity (Wildman–Crippen MR) is 193 cm³/mol. The molecule has 5 rings (SSSR count). The molecule has 2 aliphatic heterocycles. The van der Waals surface area contributed by atoms with Gasteiger partial charge in [-0.15, -0.1) is 11.8 Å². The molecular formula is C39H50N2O7S. The standard InChI is InChI=1S/C39H50N2O7S/c1-23(18-33(42)25(3)35-40-26(22-49-35)20-24(2)36(43)44)19-34(39(4,5)6)48-37(45)32-16-11-17-41(32)38(46)47-21-31-29-14-9-7-12-27(29)28-13-8-10-15-30(28)31/h7-10,12-15,20,23,25-26,31-34,42H,11,16-19,21-22H2,1-6H3,(H,43,44)/b24-20+/t23-,25+,26-,32-,33-,34-/m0/s1. The number of amides is 1. The molecular weight excluding hydrogens is 641 g/mol. The minimum atomic E-state index is -0.956. The van der Waals surface area contributed by atoms with Crippen LogP contribution in [0.4, 0.5) is 4.79 Å². The molecule has 2 heterocycles. The van der Waals surface area contributed by atoms with E-state index in [4.69, 9.17) is 9.47 Å². The number of thioether (sulfide) groups is 1. The minimum Gasteiger partial charge on any atom is -0.478 e. The van der Waals surface area contributed by atoms with Crippen LogP contribution in [0.1, 0.15) is 84.3 Å². The summed E-state index contributed by atoms with van der Waals surface area (Å²) in [6, 6.07) is 15.5. The van der Waals surface area contributed by atoms with E-state index in [1.54, 1.807) is 24.8 Å². The van der Waals surface area contributed by atoms with E-state index < -0.39 is 36.3 Å². The van der Waals surface area contributed by atoms with Gasteiger partial charge in [0.05, 0.1) is 17.2 Å². The second kappa shape index (κ2) is 15.5. The number of aliphatic carboxylic acids is 1. The number of benzene rings is 2. The van der Waals surface area contributed by atoms with E-state index in [0.717, 1.165) is 27.3 Å². The molecule has 49 heavy (non-hydrogen) atoms. The quantitative estimate of drug-likeness (QED) is 0.175. The van der Waals surface area contributed by atoms with Gasteiger partial charge in [0, 0.05) is 29.7 Å². The van der Waals surface area contributed by atoms with E-state index in [-0.39, 0.29) is 41.4 Å². The van der Waals surface area contributed by atoms with Crippen molar-refractivity contribution in [1.82, 2.24) is 4.90 Å². The van der Waals surface area contributed by atoms with Crippen molar-refractivity contribution in [2.45, 2.75) is 97.4 Å². The Morgan fingerprint density at radius 1 is 1.04 bits per heavy atom. The van der Waals surface area contributed by atoms with Gasteiger partial charge < -0.3 is 19.7 Å². The Kier molecular flexibility index (Phi) is 11.6. The number of fused-ring (bicyclic) bond motifs is 3. The summed E-state index contributed by atoms with van der Waals surface area (Å²) in [7, 11) is 0. The fraction of sp³-hybridized carbons (Fsp3) is 0.538. The van der Waals surface area contributed by atoms with E-state index in [2.05, 4.69) is 29.3 Å². The third kappa shape index (κ3) is 8.58. The van der Waals surface area contributed by atoms with Crippen LogP contribution in [0.2, 0.25) is 0 Å². The van der Waals surface area contributed by atoms with Crippen molar-refractivity contribution in [1.29, 1.82) is 0 Å². The Hall–Kier alpha value is -3.63. The monoisotopic (exact) mass is 690 g/mol. The Bertz CT molecular complexity index is 1550. The van der Waals surface area contributed by atoms with Crippen molar-refractivity contribution in [3.8, 4) is 11.1 Å². The summed E-state index contributed by atoms with van der Waals surface area (Å²) < 4.78 is 12.1. The third-order valence-electron chi connectivity index (χ3n) is 10.0. The van der Waals surface area contributed by atoms with E-state index >= 15 is 0 Å². The molecule has 6 atom stereocenters. The third-order valence-corrected chi connectivity index (χ3v) is 11.3. The maximum atomic E-state index is 13.7. The molecule has 0 radical (unpaired) electrons. The molecule has 1 aliphatic carbocycles. The van der Waals surface area contributed by atoms with Gasteiger partial charge in [0.25, 0.3) is 0 Å². The zero-order valence-corrected chi connectivity index (χ0v) is 30.2. The smallest absolute Gasteiger partial charge is 0.410 e. The molecule has 2 aromatic rings. The summed E-state index contributed by atoms with van der Waals surface area (Å²) in [4.78, 5) is 44.5. The topological polar surface area (TPSA) is 126 Å². The molecule has 0 saturated carbocycles. The van der Waals surface area contributed by atoms with Gasteiger partial charge in [-0.05, 0) is 72.3 Å². The lowest BCUT2D eigenvalue weighted by Crippen LogP contribution is -2.45. The molecule has 0 aromatic heterocycles. The van der Waals surface area contributed by atoms with E-state index in [1.165, 1.54) is 4.90 Å². The Labute approximate surface area is 294 Å². The summed E-state index contributed by atoms with van der Waals surface area (Å²) in [5, 5.41) is 21.1. The minimum absolute atomic E-state index is 0.0354. The number of likely N-dealkylation sites (tertiary alicyclic amines) is 1. The van der Waals surface area contributed by atoms with Gasteiger partial charge in [0.1, 0.15) is 18.8 Å². The SMILES string of the molecule is C/C(=C\[C@H]1CSC([C@H](C)[C@@H](O)C[C@H](C)C[C@H](OC(=O)[C@@H]2CCCN2C(=O)OCC2c3ccccc3-c3ccccc32)C(C)(C)C)=N1)C(=O)O. The van der Waals surface area contributed by atoms with Crippen LogP contribution in [-0.4, -0.2) is 81.4 Å². The highest BCUT2D eigenvalue weighted by molar-refractivity contribution is 8.14. The first-order chi connectivity index (χ1) is 23.2. The zero-order valence-electron chi connectivity index (χ0n) is 29.4. The molecule has 1 amide bonds. The number of rotatable bonds is 12. The molecule has 1 fully saturated rings. The Morgan fingerprint density at radius 3 is 2.29 bits per heavy atom. The fourth-order valence-electron chi connectivity index (χ4n) is 7.05. The van der Waals surface area contributed by atoms with Crippen LogP contribution in [0.5, 0.6) is 0 Å². The van der Waals surface area contributed by atoms with Crippen LogP contribution in [0.3, 0.4) is 0 Å². The number of ether oxygens (including phenoxy) is 2. The first-order valence-corrected chi connectivity index (χ1v) is 18.4. The summed E-state index contributed by atoms with van der Waals surface area (Å²) in [6.45, 7) is 12.3. The van der Waals surface area contributed by atoms with Crippen molar-refractivity contribution in [2.24, 2.45) is 22.2 Å².